The zero-order chi connectivity index (χ0) is 13.1. The van der Waals surface area contributed by atoms with Crippen molar-refractivity contribution in [3.63, 3.8) is 0 Å². The molecule has 4 nitrogen and oxygen atoms in total. The fourth-order valence-corrected chi connectivity index (χ4v) is 2.28. The monoisotopic (exact) mass is 252 g/mol. The molecule has 0 aliphatic heterocycles. The highest BCUT2D eigenvalue weighted by atomic mass is 19.1. The second-order valence-corrected chi connectivity index (χ2v) is 4.54. The zero-order valence-electron chi connectivity index (χ0n) is 10.3. The van der Waals surface area contributed by atoms with E-state index in [9.17, 15) is 9.18 Å². The molecule has 0 aromatic heterocycles. The Balaban J connectivity index is 2.25. The van der Waals surface area contributed by atoms with Gasteiger partial charge in [0.05, 0.1) is 18.4 Å². The minimum absolute atomic E-state index is 0.0938. The molecule has 1 aromatic rings. The van der Waals surface area contributed by atoms with Gasteiger partial charge in [-0.1, -0.05) is 12.8 Å². The van der Waals surface area contributed by atoms with Crippen molar-refractivity contribution in [2.45, 2.75) is 31.7 Å². The maximum atomic E-state index is 13.8. The smallest absolute Gasteiger partial charge is 0.340 e. The van der Waals surface area contributed by atoms with Crippen molar-refractivity contribution in [3.8, 4) is 0 Å². The summed E-state index contributed by atoms with van der Waals surface area (Å²) in [5, 5.41) is 3.12. The lowest BCUT2D eigenvalue weighted by Gasteiger charge is -2.15. The first-order chi connectivity index (χ1) is 8.61. The second-order valence-electron chi connectivity index (χ2n) is 4.54. The number of methoxy groups -OCH3 is 1. The molecule has 5 heteroatoms. The summed E-state index contributed by atoms with van der Waals surface area (Å²) in [5.41, 5.74) is 6.21. The minimum atomic E-state index is -0.554. The van der Waals surface area contributed by atoms with Crippen LogP contribution >= 0.6 is 0 Å². The normalized spacial score (nSPS) is 15.7. The highest BCUT2D eigenvalue weighted by molar-refractivity contribution is 5.96. The largest absolute Gasteiger partial charge is 0.465 e. The lowest BCUT2D eigenvalue weighted by molar-refractivity contribution is 0.0602. The lowest BCUT2D eigenvalue weighted by atomic mass is 10.1. The van der Waals surface area contributed by atoms with E-state index >= 15 is 0 Å². The van der Waals surface area contributed by atoms with E-state index in [-0.39, 0.29) is 17.3 Å². The molecule has 0 saturated heterocycles. The Labute approximate surface area is 105 Å². The SMILES string of the molecule is COC(=O)c1cc(NC2CCCC2)c(F)cc1N. The Kier molecular flexibility index (Phi) is 3.69. The molecule has 1 saturated carbocycles. The van der Waals surface area contributed by atoms with E-state index in [0.717, 1.165) is 31.7 Å². The average Bonchev–Trinajstić information content (AvgIpc) is 2.84. The lowest BCUT2D eigenvalue weighted by Crippen LogP contribution is -2.17. The van der Waals surface area contributed by atoms with Gasteiger partial charge in [0.15, 0.2) is 0 Å². The first-order valence-corrected chi connectivity index (χ1v) is 6.05. The van der Waals surface area contributed by atoms with Gasteiger partial charge in [0.1, 0.15) is 5.82 Å². The highest BCUT2D eigenvalue weighted by Gasteiger charge is 2.19. The summed E-state index contributed by atoms with van der Waals surface area (Å²) in [5.74, 6) is -0.992. The van der Waals surface area contributed by atoms with E-state index in [1.54, 1.807) is 0 Å². The highest BCUT2D eigenvalue weighted by Crippen LogP contribution is 2.27. The van der Waals surface area contributed by atoms with Gasteiger partial charge in [0.2, 0.25) is 0 Å². The molecular weight excluding hydrogens is 235 g/mol. The number of rotatable bonds is 3. The maximum absolute atomic E-state index is 13.8. The van der Waals surface area contributed by atoms with Gasteiger partial charge in [-0.05, 0) is 25.0 Å². The van der Waals surface area contributed by atoms with Gasteiger partial charge >= 0.3 is 5.97 Å². The molecule has 0 spiro atoms. The number of esters is 1. The fraction of sp³-hybridized carbons (Fsp3) is 0.462. The fourth-order valence-electron chi connectivity index (χ4n) is 2.28. The summed E-state index contributed by atoms with van der Waals surface area (Å²) in [7, 11) is 1.27. The molecule has 0 atom stereocenters. The first kappa shape index (κ1) is 12.7. The van der Waals surface area contributed by atoms with Crippen molar-refractivity contribution in [2.75, 3.05) is 18.2 Å². The second kappa shape index (κ2) is 5.25. The van der Waals surface area contributed by atoms with E-state index in [4.69, 9.17) is 5.73 Å². The summed E-state index contributed by atoms with van der Waals surface area (Å²) in [6, 6.07) is 2.85. The van der Waals surface area contributed by atoms with Crippen LogP contribution in [0.5, 0.6) is 0 Å². The van der Waals surface area contributed by atoms with Gasteiger partial charge in [0.25, 0.3) is 0 Å². The predicted molar refractivity (Wildman–Crippen MR) is 68.0 cm³/mol. The molecule has 0 amide bonds. The summed E-state index contributed by atoms with van der Waals surface area (Å²) < 4.78 is 18.4. The predicted octanol–water partition coefficient (Wildman–Crippen LogP) is 2.55. The van der Waals surface area contributed by atoms with Gasteiger partial charge in [-0.15, -0.1) is 0 Å². The van der Waals surface area contributed by atoms with E-state index < -0.39 is 11.8 Å². The number of nitrogens with one attached hydrogen (secondary N) is 1. The number of carbonyl (C=O) groups excluding carboxylic acids is 1. The van der Waals surface area contributed by atoms with Crippen molar-refractivity contribution in [3.05, 3.63) is 23.5 Å². The number of carbonyl (C=O) groups is 1. The third-order valence-electron chi connectivity index (χ3n) is 3.26. The Bertz CT molecular complexity index is 457. The van der Waals surface area contributed by atoms with Crippen molar-refractivity contribution in [1.82, 2.24) is 0 Å². The molecule has 0 radical (unpaired) electrons. The minimum Gasteiger partial charge on any atom is -0.465 e. The summed E-state index contributed by atoms with van der Waals surface area (Å²) in [6.07, 6.45) is 4.35. The van der Waals surface area contributed by atoms with E-state index in [1.807, 2.05) is 0 Å². The van der Waals surface area contributed by atoms with Crippen LogP contribution in [0.15, 0.2) is 12.1 Å². The topological polar surface area (TPSA) is 64.3 Å². The van der Waals surface area contributed by atoms with Crippen molar-refractivity contribution in [2.24, 2.45) is 0 Å². The number of ether oxygens (including phenoxy) is 1. The van der Waals surface area contributed by atoms with Gasteiger partial charge < -0.3 is 15.8 Å². The van der Waals surface area contributed by atoms with Crippen molar-refractivity contribution >= 4 is 17.3 Å². The number of halogens is 1. The molecule has 1 aliphatic rings. The number of hydrogen-bond donors (Lipinski definition) is 2. The molecule has 98 valence electrons. The molecule has 1 fully saturated rings. The quantitative estimate of drug-likeness (QED) is 0.641. The summed E-state index contributed by atoms with van der Waals surface area (Å²) in [4.78, 5) is 11.5. The number of nitrogen functional groups attached to an aromatic ring is 1. The van der Waals surface area contributed by atoms with Gasteiger partial charge in [0, 0.05) is 11.7 Å². The molecule has 1 aromatic carbocycles. The number of benzene rings is 1. The number of nitrogens with two attached hydrogens (primary N) is 1. The van der Waals surface area contributed by atoms with E-state index in [1.165, 1.54) is 13.2 Å². The van der Waals surface area contributed by atoms with Crippen LogP contribution in [0.25, 0.3) is 0 Å². The van der Waals surface area contributed by atoms with Crippen LogP contribution in [0.3, 0.4) is 0 Å². The molecule has 0 unspecified atom stereocenters. The molecule has 2 rings (SSSR count). The Morgan fingerprint density at radius 1 is 1.44 bits per heavy atom. The molecule has 0 heterocycles. The Morgan fingerprint density at radius 3 is 2.72 bits per heavy atom. The standard InChI is InChI=1S/C13H17FN2O2/c1-18-13(17)9-6-12(10(14)7-11(9)15)16-8-4-2-3-5-8/h6-8,16H,2-5,15H2,1H3. The van der Waals surface area contributed by atoms with Crippen LogP contribution in [0.2, 0.25) is 0 Å². The third-order valence-corrected chi connectivity index (χ3v) is 3.26. The number of hydrogen-bond acceptors (Lipinski definition) is 4. The van der Waals surface area contributed by atoms with Crippen molar-refractivity contribution < 1.29 is 13.9 Å². The van der Waals surface area contributed by atoms with Gasteiger partial charge in [-0.2, -0.15) is 0 Å². The van der Waals surface area contributed by atoms with Crippen LogP contribution < -0.4 is 11.1 Å². The zero-order valence-corrected chi connectivity index (χ0v) is 10.3. The van der Waals surface area contributed by atoms with Crippen LogP contribution in [0.1, 0.15) is 36.0 Å². The van der Waals surface area contributed by atoms with Crippen LogP contribution in [0.4, 0.5) is 15.8 Å². The van der Waals surface area contributed by atoms with Gasteiger partial charge in [-0.3, -0.25) is 0 Å². The molecule has 18 heavy (non-hydrogen) atoms. The average molecular weight is 252 g/mol. The molecule has 1 aliphatic carbocycles. The van der Waals surface area contributed by atoms with E-state index in [0.29, 0.717) is 5.69 Å². The Hall–Kier alpha value is -1.78. The molecule has 0 bridgehead atoms. The van der Waals surface area contributed by atoms with Crippen LogP contribution in [-0.2, 0) is 4.74 Å². The number of anilines is 2. The Morgan fingerprint density at radius 2 is 2.11 bits per heavy atom. The molecule has 3 N–H and O–H groups in total. The summed E-state index contributed by atoms with van der Waals surface area (Å²) >= 11 is 0. The summed E-state index contributed by atoms with van der Waals surface area (Å²) in [6.45, 7) is 0. The molecular formula is C13H17FN2O2. The maximum Gasteiger partial charge on any atom is 0.340 e. The van der Waals surface area contributed by atoms with E-state index in [2.05, 4.69) is 10.1 Å². The van der Waals surface area contributed by atoms with Crippen LogP contribution in [0, 0.1) is 5.82 Å². The van der Waals surface area contributed by atoms with Crippen molar-refractivity contribution in [1.29, 1.82) is 0 Å². The van der Waals surface area contributed by atoms with Gasteiger partial charge in [-0.25, -0.2) is 9.18 Å². The van der Waals surface area contributed by atoms with Crippen LogP contribution in [-0.4, -0.2) is 19.1 Å². The third kappa shape index (κ3) is 2.55. The first-order valence-electron chi connectivity index (χ1n) is 6.05.